The van der Waals surface area contributed by atoms with E-state index in [4.69, 9.17) is 4.89 Å². The molecule has 0 aromatic heterocycles. The van der Waals surface area contributed by atoms with Crippen LogP contribution in [0.15, 0.2) is 12.2 Å². The molecule has 0 amide bonds. The maximum Gasteiger partial charge on any atom is 0.557 e. The van der Waals surface area contributed by atoms with Gasteiger partial charge in [0.25, 0.3) is 0 Å². The second kappa shape index (κ2) is 5.14. The van der Waals surface area contributed by atoms with E-state index in [1.165, 1.54) is 6.92 Å². The molecule has 7 heteroatoms. The number of carbonyl (C=O) groups excluding carboxylic acids is 1. The smallest absolute Gasteiger partial charge is 0.366 e. The summed E-state index contributed by atoms with van der Waals surface area (Å²) >= 11 is 0. The molecule has 76 valence electrons. The van der Waals surface area contributed by atoms with E-state index in [0.29, 0.717) is 0 Å². The number of carbonyl (C=O) groups is 1. The summed E-state index contributed by atoms with van der Waals surface area (Å²) in [4.78, 5) is 23.7. The molecule has 0 aromatic carbocycles. The third-order valence-corrected chi connectivity index (χ3v) is 1.50. The zero-order valence-corrected chi connectivity index (χ0v) is 8.24. The van der Waals surface area contributed by atoms with Crippen LogP contribution >= 0.6 is 7.82 Å². The van der Waals surface area contributed by atoms with E-state index in [-0.39, 0.29) is 12.2 Å². The highest BCUT2D eigenvalue weighted by Gasteiger charge is 2.27. The Balaban J connectivity index is 4.09. The highest BCUT2D eigenvalue weighted by molar-refractivity contribution is 7.47. The summed E-state index contributed by atoms with van der Waals surface area (Å²) in [6.45, 7) is 6.16. The van der Waals surface area contributed by atoms with Crippen molar-refractivity contribution in [2.75, 3.05) is 6.61 Å². The van der Waals surface area contributed by atoms with Gasteiger partial charge in [0.15, 0.2) is 0 Å². The van der Waals surface area contributed by atoms with E-state index >= 15 is 0 Å². The lowest BCUT2D eigenvalue weighted by Gasteiger charge is -2.09. The summed E-state index contributed by atoms with van der Waals surface area (Å²) in [6.07, 6.45) is 0. The molecule has 6 nitrogen and oxygen atoms in total. The Morgan fingerprint density at radius 2 is 2.15 bits per heavy atom. The normalized spacial score (nSPS) is 14.7. The summed E-state index contributed by atoms with van der Waals surface area (Å²) in [7, 11) is -4.45. The summed E-state index contributed by atoms with van der Waals surface area (Å²) in [5.74, 6) is -1.01. The van der Waals surface area contributed by atoms with Gasteiger partial charge in [-0.3, -0.25) is 4.89 Å². The SMILES string of the molecule is C=C(C)C(=O)OP(=O)(O)OOCC. The first-order valence-electron chi connectivity index (χ1n) is 3.42. The lowest BCUT2D eigenvalue weighted by molar-refractivity contribution is -0.219. The number of phosphoric acid groups is 1. The fraction of sp³-hybridized carbons (Fsp3) is 0.500. The van der Waals surface area contributed by atoms with Gasteiger partial charge in [-0.05, 0) is 13.8 Å². The van der Waals surface area contributed by atoms with E-state index in [0.717, 1.165) is 0 Å². The molecule has 0 aliphatic carbocycles. The molecule has 1 N–H and O–H groups in total. The minimum Gasteiger partial charge on any atom is -0.366 e. The first kappa shape index (κ1) is 12.3. The molecule has 13 heavy (non-hydrogen) atoms. The zero-order chi connectivity index (χ0) is 10.5. The summed E-state index contributed by atoms with van der Waals surface area (Å²) in [5.41, 5.74) is -0.00521. The average molecular weight is 210 g/mol. The van der Waals surface area contributed by atoms with E-state index in [2.05, 4.69) is 20.7 Å². The molecule has 0 radical (unpaired) electrons. The maximum atomic E-state index is 10.8. The van der Waals surface area contributed by atoms with Crippen molar-refractivity contribution < 1.29 is 28.3 Å². The fourth-order valence-corrected chi connectivity index (χ4v) is 0.952. The Morgan fingerprint density at radius 3 is 2.54 bits per heavy atom. The van der Waals surface area contributed by atoms with Crippen molar-refractivity contribution in [2.24, 2.45) is 0 Å². The molecule has 0 heterocycles. The lowest BCUT2D eigenvalue weighted by atomic mass is 10.4. The van der Waals surface area contributed by atoms with E-state index in [1.54, 1.807) is 6.92 Å². The molecule has 0 spiro atoms. The Labute approximate surface area is 75.6 Å². The monoisotopic (exact) mass is 210 g/mol. The molecule has 0 rings (SSSR count). The fourth-order valence-electron chi connectivity index (χ4n) is 0.317. The van der Waals surface area contributed by atoms with Gasteiger partial charge in [-0.2, -0.15) is 0 Å². The summed E-state index contributed by atoms with van der Waals surface area (Å²) in [5, 5.41) is 0. The Bertz CT molecular complexity index is 248. The van der Waals surface area contributed by atoms with E-state index < -0.39 is 13.8 Å². The summed E-state index contributed by atoms with van der Waals surface area (Å²) in [6, 6.07) is 0. The first-order valence-corrected chi connectivity index (χ1v) is 4.92. The van der Waals surface area contributed by atoms with Crippen LogP contribution < -0.4 is 0 Å². The first-order chi connectivity index (χ1) is 5.89. The molecule has 0 fully saturated rings. The predicted molar refractivity (Wildman–Crippen MR) is 43.4 cm³/mol. The molecule has 1 atom stereocenters. The van der Waals surface area contributed by atoms with Crippen molar-refractivity contribution in [1.29, 1.82) is 0 Å². The average Bonchev–Trinajstić information content (AvgIpc) is 2.00. The Kier molecular flexibility index (Phi) is 4.87. The van der Waals surface area contributed by atoms with Crippen molar-refractivity contribution in [3.05, 3.63) is 12.2 Å². The van der Waals surface area contributed by atoms with Crippen LogP contribution in [0.4, 0.5) is 0 Å². The minimum absolute atomic E-state index is 0.00521. The molecule has 0 bridgehead atoms. The van der Waals surface area contributed by atoms with Crippen LogP contribution in [0, 0.1) is 0 Å². The topological polar surface area (TPSA) is 82.1 Å². The van der Waals surface area contributed by atoms with Gasteiger partial charge in [0.1, 0.15) is 0 Å². The second-order valence-electron chi connectivity index (χ2n) is 2.11. The van der Waals surface area contributed by atoms with Gasteiger partial charge >= 0.3 is 13.8 Å². The largest absolute Gasteiger partial charge is 0.557 e. The van der Waals surface area contributed by atoms with Crippen molar-refractivity contribution >= 4 is 13.8 Å². The van der Waals surface area contributed by atoms with Gasteiger partial charge in [-0.25, -0.2) is 14.2 Å². The highest BCUT2D eigenvalue weighted by atomic mass is 31.2. The van der Waals surface area contributed by atoms with Gasteiger partial charge in [0.05, 0.1) is 6.61 Å². The van der Waals surface area contributed by atoms with Gasteiger partial charge < -0.3 is 4.52 Å². The number of hydrogen-bond donors (Lipinski definition) is 1. The molecule has 0 aliphatic rings. The number of hydrogen-bond acceptors (Lipinski definition) is 5. The maximum absolute atomic E-state index is 10.8. The molecule has 0 aliphatic heterocycles. The van der Waals surface area contributed by atoms with Crippen molar-refractivity contribution in [2.45, 2.75) is 13.8 Å². The lowest BCUT2D eigenvalue weighted by Crippen LogP contribution is -2.05. The van der Waals surface area contributed by atoms with Crippen LogP contribution in [0.25, 0.3) is 0 Å². The Hall–Kier alpha value is -0.680. The third-order valence-electron chi connectivity index (χ3n) is 0.811. The van der Waals surface area contributed by atoms with Gasteiger partial charge in [0, 0.05) is 5.57 Å². The molecule has 0 saturated carbocycles. The molecular weight excluding hydrogens is 199 g/mol. The van der Waals surface area contributed by atoms with Crippen LogP contribution in [0.3, 0.4) is 0 Å². The summed E-state index contributed by atoms with van der Waals surface area (Å²) < 4.78 is 18.8. The van der Waals surface area contributed by atoms with E-state index in [9.17, 15) is 9.36 Å². The second-order valence-corrected chi connectivity index (χ2v) is 3.38. The zero-order valence-electron chi connectivity index (χ0n) is 7.35. The number of rotatable bonds is 5. The molecule has 0 saturated heterocycles. The van der Waals surface area contributed by atoms with Crippen LogP contribution in [0.5, 0.6) is 0 Å². The Morgan fingerprint density at radius 1 is 1.62 bits per heavy atom. The standard InChI is InChI=1S/C6H11O6P/c1-4-10-12-13(8,9)11-6(7)5(2)3/h2,4H2,1,3H3,(H,8,9). The molecule has 1 unspecified atom stereocenters. The van der Waals surface area contributed by atoms with Crippen LogP contribution in [0.2, 0.25) is 0 Å². The van der Waals surface area contributed by atoms with Crippen molar-refractivity contribution in [1.82, 2.24) is 0 Å². The van der Waals surface area contributed by atoms with Gasteiger partial charge in [0.2, 0.25) is 0 Å². The van der Waals surface area contributed by atoms with Crippen LogP contribution in [-0.2, 0) is 23.4 Å². The van der Waals surface area contributed by atoms with Crippen LogP contribution in [-0.4, -0.2) is 17.5 Å². The molecular formula is C6H11O6P. The van der Waals surface area contributed by atoms with Gasteiger partial charge in [-0.1, -0.05) is 6.58 Å². The predicted octanol–water partition coefficient (Wildman–Crippen LogP) is 1.17. The molecule has 0 aromatic rings. The highest BCUT2D eigenvalue weighted by Crippen LogP contribution is 2.43. The van der Waals surface area contributed by atoms with E-state index in [1.807, 2.05) is 0 Å². The minimum atomic E-state index is -4.45. The quantitative estimate of drug-likeness (QED) is 0.317. The third kappa shape index (κ3) is 5.54. The van der Waals surface area contributed by atoms with Crippen molar-refractivity contribution in [3.63, 3.8) is 0 Å². The van der Waals surface area contributed by atoms with Gasteiger partial charge in [-0.15, -0.1) is 4.67 Å². The van der Waals surface area contributed by atoms with Crippen LogP contribution in [0.1, 0.15) is 13.8 Å². The number of phosphoric ester groups is 1. The van der Waals surface area contributed by atoms with Crippen molar-refractivity contribution in [3.8, 4) is 0 Å².